The van der Waals surface area contributed by atoms with E-state index in [1.165, 1.54) is 18.5 Å². The zero-order valence-corrected chi connectivity index (χ0v) is 9.66. The first-order valence-corrected chi connectivity index (χ1v) is 5.96. The van der Waals surface area contributed by atoms with Crippen molar-refractivity contribution in [3.8, 4) is 0 Å². The standard InChI is InChI=1S/C12H21N3/c1-9(2)10-5-12(6-10)14-4-3-11-7-13-8-15-11/h7-10,12,14H,3-6H2,1-2H3,(H,13,15). The van der Waals surface area contributed by atoms with Gasteiger partial charge in [-0.2, -0.15) is 0 Å². The van der Waals surface area contributed by atoms with E-state index in [0.717, 1.165) is 30.8 Å². The highest BCUT2D eigenvalue weighted by atomic mass is 14.9. The van der Waals surface area contributed by atoms with Crippen LogP contribution in [0.3, 0.4) is 0 Å². The Labute approximate surface area is 91.7 Å². The van der Waals surface area contributed by atoms with Crippen molar-refractivity contribution < 1.29 is 0 Å². The van der Waals surface area contributed by atoms with Crippen molar-refractivity contribution in [2.45, 2.75) is 39.2 Å². The molecule has 1 aromatic rings. The highest BCUT2D eigenvalue weighted by molar-refractivity contribution is 4.95. The number of nitrogens with one attached hydrogen (secondary N) is 2. The van der Waals surface area contributed by atoms with Crippen LogP contribution in [-0.4, -0.2) is 22.6 Å². The number of imidazole rings is 1. The third-order valence-electron chi connectivity index (χ3n) is 3.50. The average molecular weight is 207 g/mol. The van der Waals surface area contributed by atoms with Crippen LogP contribution in [0.4, 0.5) is 0 Å². The summed E-state index contributed by atoms with van der Waals surface area (Å²) < 4.78 is 0. The molecule has 2 rings (SSSR count). The first-order chi connectivity index (χ1) is 7.25. The van der Waals surface area contributed by atoms with Crippen molar-refractivity contribution in [1.82, 2.24) is 15.3 Å². The first kappa shape index (κ1) is 10.7. The lowest BCUT2D eigenvalue weighted by atomic mass is 9.74. The number of hydrogen-bond donors (Lipinski definition) is 2. The molecule has 0 bridgehead atoms. The van der Waals surface area contributed by atoms with Gasteiger partial charge in [0.25, 0.3) is 0 Å². The minimum atomic E-state index is 0.764. The topological polar surface area (TPSA) is 40.7 Å². The summed E-state index contributed by atoms with van der Waals surface area (Å²) >= 11 is 0. The molecule has 0 spiro atoms. The lowest BCUT2D eigenvalue weighted by Gasteiger charge is -2.38. The second kappa shape index (κ2) is 4.79. The number of aromatic nitrogens is 2. The number of rotatable bonds is 5. The molecule has 0 radical (unpaired) electrons. The number of hydrogen-bond acceptors (Lipinski definition) is 2. The van der Waals surface area contributed by atoms with Crippen LogP contribution in [0.15, 0.2) is 12.5 Å². The molecule has 1 saturated carbocycles. The molecule has 1 aliphatic rings. The van der Waals surface area contributed by atoms with Crippen LogP contribution in [0.2, 0.25) is 0 Å². The van der Waals surface area contributed by atoms with Crippen molar-refractivity contribution in [3.63, 3.8) is 0 Å². The van der Waals surface area contributed by atoms with Gasteiger partial charge in [-0.3, -0.25) is 0 Å². The Kier molecular flexibility index (Phi) is 3.41. The summed E-state index contributed by atoms with van der Waals surface area (Å²) in [5, 5.41) is 3.59. The van der Waals surface area contributed by atoms with Crippen LogP contribution >= 0.6 is 0 Å². The molecule has 3 heteroatoms. The fraction of sp³-hybridized carbons (Fsp3) is 0.750. The van der Waals surface area contributed by atoms with Crippen molar-refractivity contribution in [1.29, 1.82) is 0 Å². The molecule has 2 N–H and O–H groups in total. The Bertz CT molecular complexity index is 273. The van der Waals surface area contributed by atoms with Crippen LogP contribution in [-0.2, 0) is 6.42 Å². The van der Waals surface area contributed by atoms with Gasteiger partial charge in [0.15, 0.2) is 0 Å². The average Bonchev–Trinajstić information content (AvgIpc) is 2.60. The third-order valence-corrected chi connectivity index (χ3v) is 3.50. The summed E-state index contributed by atoms with van der Waals surface area (Å²) in [6.07, 6.45) is 7.43. The zero-order valence-electron chi connectivity index (χ0n) is 9.66. The quantitative estimate of drug-likeness (QED) is 0.775. The highest BCUT2D eigenvalue weighted by Crippen LogP contribution is 2.33. The maximum absolute atomic E-state index is 4.01. The Morgan fingerprint density at radius 2 is 2.33 bits per heavy atom. The maximum atomic E-state index is 4.01. The molecule has 3 nitrogen and oxygen atoms in total. The molecule has 1 aliphatic carbocycles. The smallest absolute Gasteiger partial charge is 0.0921 e. The number of H-pyrrole nitrogens is 1. The van der Waals surface area contributed by atoms with E-state index >= 15 is 0 Å². The van der Waals surface area contributed by atoms with E-state index in [9.17, 15) is 0 Å². The predicted octanol–water partition coefficient (Wildman–Crippen LogP) is 1.98. The molecule has 0 saturated heterocycles. The summed E-state index contributed by atoms with van der Waals surface area (Å²) in [7, 11) is 0. The number of nitrogens with zero attached hydrogens (tertiary/aromatic N) is 1. The Morgan fingerprint density at radius 1 is 1.53 bits per heavy atom. The van der Waals surface area contributed by atoms with Gasteiger partial charge in [-0.05, 0) is 24.7 Å². The molecule has 1 heterocycles. The Balaban J connectivity index is 1.57. The molecule has 0 aliphatic heterocycles. The van der Waals surface area contributed by atoms with Gasteiger partial charge < -0.3 is 10.3 Å². The van der Waals surface area contributed by atoms with Gasteiger partial charge >= 0.3 is 0 Å². The normalized spacial score (nSPS) is 25.5. The van der Waals surface area contributed by atoms with E-state index in [-0.39, 0.29) is 0 Å². The summed E-state index contributed by atoms with van der Waals surface area (Å²) in [6.45, 7) is 5.72. The molecule has 0 unspecified atom stereocenters. The van der Waals surface area contributed by atoms with E-state index in [4.69, 9.17) is 0 Å². The fourth-order valence-electron chi connectivity index (χ4n) is 2.21. The zero-order chi connectivity index (χ0) is 10.7. The van der Waals surface area contributed by atoms with Gasteiger partial charge in [0.1, 0.15) is 0 Å². The summed E-state index contributed by atoms with van der Waals surface area (Å²) in [5.74, 6) is 1.81. The van der Waals surface area contributed by atoms with Gasteiger partial charge in [0, 0.05) is 30.9 Å². The maximum Gasteiger partial charge on any atom is 0.0921 e. The van der Waals surface area contributed by atoms with E-state index in [1.54, 1.807) is 6.33 Å². The molecule has 1 aromatic heterocycles. The highest BCUT2D eigenvalue weighted by Gasteiger charge is 2.30. The van der Waals surface area contributed by atoms with E-state index < -0.39 is 0 Å². The molecule has 0 amide bonds. The lowest BCUT2D eigenvalue weighted by Crippen LogP contribution is -2.43. The molecule has 15 heavy (non-hydrogen) atoms. The van der Waals surface area contributed by atoms with Crippen molar-refractivity contribution in [2.24, 2.45) is 11.8 Å². The van der Waals surface area contributed by atoms with E-state index in [2.05, 4.69) is 29.1 Å². The molecule has 1 fully saturated rings. The monoisotopic (exact) mass is 207 g/mol. The molecule has 84 valence electrons. The Morgan fingerprint density at radius 3 is 2.93 bits per heavy atom. The minimum Gasteiger partial charge on any atom is -0.348 e. The minimum absolute atomic E-state index is 0.764. The van der Waals surface area contributed by atoms with Gasteiger partial charge in [-0.25, -0.2) is 4.98 Å². The molecular formula is C12H21N3. The molecular weight excluding hydrogens is 186 g/mol. The second-order valence-electron chi connectivity index (χ2n) is 4.95. The second-order valence-corrected chi connectivity index (χ2v) is 4.95. The van der Waals surface area contributed by atoms with Gasteiger partial charge in [-0.15, -0.1) is 0 Å². The first-order valence-electron chi connectivity index (χ1n) is 5.96. The fourth-order valence-corrected chi connectivity index (χ4v) is 2.21. The van der Waals surface area contributed by atoms with Crippen LogP contribution in [0.5, 0.6) is 0 Å². The van der Waals surface area contributed by atoms with Crippen LogP contribution in [0.25, 0.3) is 0 Å². The van der Waals surface area contributed by atoms with Crippen LogP contribution in [0, 0.1) is 11.8 Å². The third kappa shape index (κ3) is 2.81. The van der Waals surface area contributed by atoms with Crippen LogP contribution in [0.1, 0.15) is 32.4 Å². The molecule has 0 aromatic carbocycles. The van der Waals surface area contributed by atoms with Crippen molar-refractivity contribution in [3.05, 3.63) is 18.2 Å². The summed E-state index contributed by atoms with van der Waals surface area (Å²) in [6, 6.07) is 0.764. The van der Waals surface area contributed by atoms with Gasteiger partial charge in [-0.1, -0.05) is 13.8 Å². The van der Waals surface area contributed by atoms with Crippen LogP contribution < -0.4 is 5.32 Å². The van der Waals surface area contributed by atoms with Crippen molar-refractivity contribution in [2.75, 3.05) is 6.54 Å². The predicted molar refractivity (Wildman–Crippen MR) is 61.6 cm³/mol. The molecule has 0 atom stereocenters. The van der Waals surface area contributed by atoms with Gasteiger partial charge in [0.2, 0.25) is 0 Å². The van der Waals surface area contributed by atoms with Gasteiger partial charge in [0.05, 0.1) is 6.33 Å². The largest absolute Gasteiger partial charge is 0.348 e. The Hall–Kier alpha value is -0.830. The summed E-state index contributed by atoms with van der Waals surface area (Å²) in [5.41, 5.74) is 1.22. The van der Waals surface area contributed by atoms with E-state index in [1.807, 2.05) is 6.20 Å². The summed E-state index contributed by atoms with van der Waals surface area (Å²) in [4.78, 5) is 7.13. The SMILES string of the molecule is CC(C)C1CC(NCCc2cnc[nH]2)C1. The van der Waals surface area contributed by atoms with Crippen molar-refractivity contribution >= 4 is 0 Å². The number of aromatic amines is 1. The lowest BCUT2D eigenvalue weighted by molar-refractivity contribution is 0.169. The van der Waals surface area contributed by atoms with E-state index in [0.29, 0.717) is 0 Å².